The van der Waals surface area contributed by atoms with Crippen LogP contribution in [-0.4, -0.2) is 93.9 Å². The molecule has 0 saturated heterocycles. The number of Topliss-reactive ketones (excluding diaryl/α,β-unsaturated/α-hetero) is 1. The number of carbonyl (C=O) groups is 3. The van der Waals surface area contributed by atoms with Crippen LogP contribution in [0.1, 0.15) is 174 Å². The molecule has 7 atom stereocenters. The van der Waals surface area contributed by atoms with E-state index in [1.54, 1.807) is 12.2 Å². The van der Waals surface area contributed by atoms with E-state index in [1.807, 2.05) is 12.2 Å². The third-order valence-corrected chi connectivity index (χ3v) is 11.6. The third-order valence-electron chi connectivity index (χ3n) is 10.6. The van der Waals surface area contributed by atoms with Gasteiger partial charge in [0.05, 0.1) is 32.0 Å². The summed E-state index contributed by atoms with van der Waals surface area (Å²) < 4.78 is 32.7. The quantitative estimate of drug-likeness (QED) is 0.0170. The second-order valence-electron chi connectivity index (χ2n) is 16.2. The van der Waals surface area contributed by atoms with Crippen LogP contribution in [0.3, 0.4) is 0 Å². The minimum Gasteiger partial charge on any atom is -0.462 e. The Balaban J connectivity index is 2.44. The van der Waals surface area contributed by atoms with Crippen LogP contribution in [0.4, 0.5) is 0 Å². The van der Waals surface area contributed by atoms with Gasteiger partial charge >= 0.3 is 19.8 Å². The number of hydrogen-bond donors (Lipinski definition) is 5. The van der Waals surface area contributed by atoms with E-state index >= 15 is 0 Å². The maximum absolute atomic E-state index is 12.7. The third kappa shape index (κ3) is 29.9. The standard InChI is InChI=1S/C46H81O13P/c1-3-5-7-8-9-10-11-12-13-14-15-16-17-18-19-20-26-30-46(53)59-40(37-58-60(54,55)57-35-39(49)34-47)36-56-45(52)29-25-22-21-24-28-41-42(44(51)33-43(41)50)32-31-38(48)27-23-6-4-2/h12-13,21,24,31-32,38-43,47-50H,3-11,14-20,22-23,25-30,33-37H2,1-2H3,(H,54,55)/b13-12-,24-21-,32-31+/t38-,39-,40+,41+,42+,43-/m0/s1. The molecule has 13 nitrogen and oxygen atoms in total. The number of rotatable bonds is 39. The lowest BCUT2D eigenvalue weighted by Crippen LogP contribution is -2.29. The first kappa shape index (κ1) is 55.8. The van der Waals surface area contributed by atoms with E-state index in [-0.39, 0.29) is 31.0 Å². The summed E-state index contributed by atoms with van der Waals surface area (Å²) >= 11 is 0. The predicted molar refractivity (Wildman–Crippen MR) is 234 cm³/mol. The van der Waals surface area contributed by atoms with Gasteiger partial charge in [-0.25, -0.2) is 4.57 Å². The number of phosphoric ester groups is 1. The lowest BCUT2D eigenvalue weighted by atomic mass is 9.90. The van der Waals surface area contributed by atoms with Crippen molar-refractivity contribution in [3.8, 4) is 0 Å². The number of ether oxygens (including phenoxy) is 2. The Morgan fingerprint density at radius 1 is 0.733 bits per heavy atom. The number of phosphoric acid groups is 1. The van der Waals surface area contributed by atoms with Crippen LogP contribution in [0.2, 0.25) is 0 Å². The van der Waals surface area contributed by atoms with Crippen molar-refractivity contribution in [1.29, 1.82) is 0 Å². The zero-order chi connectivity index (χ0) is 44.3. The molecule has 1 aliphatic rings. The van der Waals surface area contributed by atoms with E-state index in [0.29, 0.717) is 32.1 Å². The van der Waals surface area contributed by atoms with Crippen molar-refractivity contribution in [2.45, 2.75) is 199 Å². The number of ketones is 1. The second kappa shape index (κ2) is 36.3. The molecule has 5 N–H and O–H groups in total. The van der Waals surface area contributed by atoms with Gasteiger partial charge in [-0.3, -0.25) is 23.4 Å². The van der Waals surface area contributed by atoms with Gasteiger partial charge in [0, 0.05) is 31.1 Å². The minimum atomic E-state index is -4.69. The van der Waals surface area contributed by atoms with Gasteiger partial charge < -0.3 is 34.8 Å². The molecule has 60 heavy (non-hydrogen) atoms. The normalized spacial score (nSPS) is 19.6. The number of carbonyl (C=O) groups excluding carboxylic acids is 3. The van der Waals surface area contributed by atoms with Gasteiger partial charge in [0.15, 0.2) is 6.10 Å². The largest absolute Gasteiger partial charge is 0.472 e. The summed E-state index contributed by atoms with van der Waals surface area (Å²) in [4.78, 5) is 47.7. The molecule has 0 bridgehead atoms. The van der Waals surface area contributed by atoms with E-state index < -0.39 is 76.5 Å². The number of allylic oxidation sites excluding steroid dienone is 5. The number of hydrogen-bond acceptors (Lipinski definition) is 12. The molecule has 0 heterocycles. The Morgan fingerprint density at radius 3 is 1.93 bits per heavy atom. The van der Waals surface area contributed by atoms with Crippen molar-refractivity contribution >= 4 is 25.5 Å². The van der Waals surface area contributed by atoms with Gasteiger partial charge in [-0.15, -0.1) is 0 Å². The molecular formula is C46H81O13P. The zero-order valence-corrected chi connectivity index (χ0v) is 37.8. The molecular weight excluding hydrogens is 791 g/mol. The Bertz CT molecular complexity index is 1250. The average molecular weight is 873 g/mol. The van der Waals surface area contributed by atoms with Crippen LogP contribution >= 0.6 is 7.82 Å². The lowest BCUT2D eigenvalue weighted by molar-refractivity contribution is -0.161. The van der Waals surface area contributed by atoms with E-state index in [9.17, 15) is 39.2 Å². The molecule has 0 aliphatic heterocycles. The summed E-state index contributed by atoms with van der Waals surface area (Å²) in [7, 11) is -4.69. The summed E-state index contributed by atoms with van der Waals surface area (Å²) in [6.45, 7) is 1.97. The fraction of sp³-hybridized carbons (Fsp3) is 0.804. The van der Waals surface area contributed by atoms with Crippen molar-refractivity contribution in [2.24, 2.45) is 11.8 Å². The molecule has 1 rings (SSSR count). The van der Waals surface area contributed by atoms with Crippen molar-refractivity contribution in [1.82, 2.24) is 0 Å². The monoisotopic (exact) mass is 873 g/mol. The highest BCUT2D eigenvalue weighted by atomic mass is 31.2. The number of aliphatic hydroxyl groups is 4. The predicted octanol–water partition coefficient (Wildman–Crippen LogP) is 8.93. The summed E-state index contributed by atoms with van der Waals surface area (Å²) in [5, 5.41) is 39.1. The number of esters is 2. The van der Waals surface area contributed by atoms with Crippen molar-refractivity contribution < 1.29 is 62.8 Å². The van der Waals surface area contributed by atoms with Gasteiger partial charge in [-0.1, -0.05) is 134 Å². The summed E-state index contributed by atoms with van der Waals surface area (Å²) in [5.41, 5.74) is 0. The van der Waals surface area contributed by atoms with Crippen LogP contribution < -0.4 is 0 Å². The molecule has 1 fully saturated rings. The molecule has 0 aromatic heterocycles. The first-order chi connectivity index (χ1) is 28.9. The summed E-state index contributed by atoms with van der Waals surface area (Å²) in [5.74, 6) is -1.91. The Morgan fingerprint density at radius 2 is 1.28 bits per heavy atom. The Hall–Kier alpha value is -2.22. The van der Waals surface area contributed by atoms with E-state index in [4.69, 9.17) is 19.1 Å². The average Bonchev–Trinajstić information content (AvgIpc) is 3.49. The molecule has 1 aliphatic carbocycles. The van der Waals surface area contributed by atoms with Crippen LogP contribution in [0, 0.1) is 11.8 Å². The van der Waals surface area contributed by atoms with Gasteiger partial charge in [0.1, 0.15) is 18.5 Å². The van der Waals surface area contributed by atoms with Gasteiger partial charge in [0.25, 0.3) is 0 Å². The summed E-state index contributed by atoms with van der Waals surface area (Å²) in [6, 6.07) is 0. The zero-order valence-electron chi connectivity index (χ0n) is 36.9. The first-order valence-corrected chi connectivity index (χ1v) is 24.5. The first-order valence-electron chi connectivity index (χ1n) is 23.0. The van der Waals surface area contributed by atoms with E-state index in [0.717, 1.165) is 51.4 Å². The molecule has 0 radical (unpaired) electrons. The highest BCUT2D eigenvalue weighted by Crippen LogP contribution is 2.43. The van der Waals surface area contributed by atoms with Crippen LogP contribution in [0.15, 0.2) is 36.5 Å². The van der Waals surface area contributed by atoms with Crippen LogP contribution in [-0.2, 0) is 37.5 Å². The highest BCUT2D eigenvalue weighted by molar-refractivity contribution is 7.47. The Labute approximate surface area is 361 Å². The van der Waals surface area contributed by atoms with Crippen LogP contribution in [0.5, 0.6) is 0 Å². The molecule has 1 saturated carbocycles. The number of unbranched alkanes of at least 4 members (excludes halogenated alkanes) is 16. The fourth-order valence-electron chi connectivity index (χ4n) is 6.97. The fourth-order valence-corrected chi connectivity index (χ4v) is 7.76. The van der Waals surface area contributed by atoms with Gasteiger partial charge in [-0.2, -0.15) is 0 Å². The molecule has 0 amide bonds. The SMILES string of the molecule is CCCCCCCC/C=C\CCCCCCCCCC(=O)O[C@H](COC(=O)CCC/C=C\C[C@H]1[C@@H](O)CC(=O)[C@@H]1/C=C/[C@@H](O)CCCCC)COP(=O)(O)OC[C@@H](O)CO. The van der Waals surface area contributed by atoms with Gasteiger partial charge in [-0.05, 0) is 57.8 Å². The smallest absolute Gasteiger partial charge is 0.462 e. The maximum Gasteiger partial charge on any atom is 0.472 e. The maximum atomic E-state index is 12.7. The lowest BCUT2D eigenvalue weighted by Gasteiger charge is -2.20. The van der Waals surface area contributed by atoms with E-state index in [2.05, 4.69) is 30.5 Å². The van der Waals surface area contributed by atoms with Crippen molar-refractivity contribution in [2.75, 3.05) is 26.4 Å². The molecule has 0 spiro atoms. The molecule has 348 valence electrons. The molecule has 14 heteroatoms. The van der Waals surface area contributed by atoms with Gasteiger partial charge in [0.2, 0.25) is 0 Å². The molecule has 0 aromatic rings. The number of aliphatic hydroxyl groups excluding tert-OH is 4. The highest BCUT2D eigenvalue weighted by Gasteiger charge is 2.39. The molecule has 1 unspecified atom stereocenters. The Kier molecular flexibility index (Phi) is 33.7. The minimum absolute atomic E-state index is 0.0430. The van der Waals surface area contributed by atoms with Crippen molar-refractivity contribution in [3.05, 3.63) is 36.5 Å². The summed E-state index contributed by atoms with van der Waals surface area (Å²) in [6.07, 6.45) is 30.4. The second-order valence-corrected chi connectivity index (χ2v) is 17.7. The molecule has 0 aromatic carbocycles. The van der Waals surface area contributed by atoms with Crippen LogP contribution in [0.25, 0.3) is 0 Å². The van der Waals surface area contributed by atoms with E-state index in [1.165, 1.54) is 57.8 Å². The van der Waals surface area contributed by atoms with Crippen molar-refractivity contribution in [3.63, 3.8) is 0 Å². The topological polar surface area (TPSA) is 206 Å².